The lowest BCUT2D eigenvalue weighted by atomic mass is 9.96. The molecular formula is C9H18O4. The van der Waals surface area contributed by atoms with Crippen molar-refractivity contribution in [3.8, 4) is 0 Å². The topological polar surface area (TPSA) is 69.9 Å². The summed E-state index contributed by atoms with van der Waals surface area (Å²) in [6.45, 7) is 2.17. The van der Waals surface area contributed by atoms with E-state index in [9.17, 15) is 10.2 Å². The highest BCUT2D eigenvalue weighted by atomic mass is 16.5. The molecule has 3 N–H and O–H groups in total. The fraction of sp³-hybridized carbons (Fsp3) is 1.00. The molecule has 0 bridgehead atoms. The van der Waals surface area contributed by atoms with E-state index in [1.807, 2.05) is 0 Å². The van der Waals surface area contributed by atoms with Crippen LogP contribution >= 0.6 is 0 Å². The highest BCUT2D eigenvalue weighted by Gasteiger charge is 2.36. The SMILES string of the molecule is CCCC[C@@H]1OC[C@H](O)[C@@H](O)[C@H]1O. The van der Waals surface area contributed by atoms with Gasteiger partial charge in [-0.2, -0.15) is 0 Å². The second kappa shape index (κ2) is 4.91. The first-order valence-electron chi connectivity index (χ1n) is 4.82. The molecule has 0 aromatic carbocycles. The minimum absolute atomic E-state index is 0.118. The number of unbranched alkanes of at least 4 members (excludes halogenated alkanes) is 1. The van der Waals surface area contributed by atoms with E-state index in [4.69, 9.17) is 9.84 Å². The zero-order valence-corrected chi connectivity index (χ0v) is 7.89. The molecule has 4 heteroatoms. The third-order valence-corrected chi connectivity index (χ3v) is 2.45. The molecule has 0 unspecified atom stereocenters. The van der Waals surface area contributed by atoms with Crippen molar-refractivity contribution in [3.63, 3.8) is 0 Å². The second-order valence-corrected chi connectivity index (χ2v) is 3.56. The molecule has 1 aliphatic rings. The summed E-state index contributed by atoms with van der Waals surface area (Å²) >= 11 is 0. The van der Waals surface area contributed by atoms with Crippen LogP contribution in [0.5, 0.6) is 0 Å². The molecule has 0 saturated carbocycles. The van der Waals surface area contributed by atoms with Crippen LogP contribution in [0, 0.1) is 0 Å². The molecule has 0 radical (unpaired) electrons. The Morgan fingerprint density at radius 1 is 1.23 bits per heavy atom. The van der Waals surface area contributed by atoms with Gasteiger partial charge >= 0.3 is 0 Å². The molecule has 78 valence electrons. The maximum absolute atomic E-state index is 9.50. The summed E-state index contributed by atoms with van der Waals surface area (Å²) in [5, 5.41) is 28.0. The smallest absolute Gasteiger partial charge is 0.111 e. The van der Waals surface area contributed by atoms with Crippen molar-refractivity contribution in [2.45, 2.75) is 50.6 Å². The Hall–Kier alpha value is -0.160. The fourth-order valence-corrected chi connectivity index (χ4v) is 1.53. The highest BCUT2D eigenvalue weighted by Crippen LogP contribution is 2.19. The van der Waals surface area contributed by atoms with Crippen molar-refractivity contribution in [2.75, 3.05) is 6.61 Å². The van der Waals surface area contributed by atoms with Crippen molar-refractivity contribution >= 4 is 0 Å². The van der Waals surface area contributed by atoms with Gasteiger partial charge < -0.3 is 20.1 Å². The van der Waals surface area contributed by atoms with Crippen LogP contribution in [-0.2, 0) is 4.74 Å². The first kappa shape index (κ1) is 10.9. The molecular weight excluding hydrogens is 172 g/mol. The summed E-state index contributed by atoms with van der Waals surface area (Å²) in [6.07, 6.45) is -0.547. The summed E-state index contributed by atoms with van der Waals surface area (Å²) in [7, 11) is 0. The normalized spacial score (nSPS) is 40.6. The van der Waals surface area contributed by atoms with Crippen LogP contribution in [0.4, 0.5) is 0 Å². The van der Waals surface area contributed by atoms with E-state index in [-0.39, 0.29) is 12.7 Å². The Balaban J connectivity index is 2.39. The van der Waals surface area contributed by atoms with E-state index in [1.54, 1.807) is 0 Å². The average molecular weight is 190 g/mol. The third-order valence-electron chi connectivity index (χ3n) is 2.45. The van der Waals surface area contributed by atoms with E-state index in [1.165, 1.54) is 0 Å². The van der Waals surface area contributed by atoms with E-state index < -0.39 is 18.3 Å². The maximum atomic E-state index is 9.50. The second-order valence-electron chi connectivity index (χ2n) is 3.56. The van der Waals surface area contributed by atoms with Gasteiger partial charge in [-0.05, 0) is 6.42 Å². The quantitative estimate of drug-likeness (QED) is 0.569. The Kier molecular flexibility index (Phi) is 4.12. The number of aliphatic hydroxyl groups excluding tert-OH is 3. The summed E-state index contributed by atoms with van der Waals surface area (Å²) in [6, 6.07) is 0. The minimum Gasteiger partial charge on any atom is -0.388 e. The van der Waals surface area contributed by atoms with Gasteiger partial charge in [0.1, 0.15) is 18.3 Å². The van der Waals surface area contributed by atoms with Crippen LogP contribution < -0.4 is 0 Å². The van der Waals surface area contributed by atoms with Crippen molar-refractivity contribution < 1.29 is 20.1 Å². The Bertz CT molecular complexity index is 149. The molecule has 4 atom stereocenters. The molecule has 1 rings (SSSR count). The molecule has 0 aromatic heterocycles. The monoisotopic (exact) mass is 190 g/mol. The fourth-order valence-electron chi connectivity index (χ4n) is 1.53. The van der Waals surface area contributed by atoms with Crippen LogP contribution in [0.15, 0.2) is 0 Å². The van der Waals surface area contributed by atoms with Crippen LogP contribution in [-0.4, -0.2) is 46.3 Å². The summed E-state index contributed by atoms with van der Waals surface area (Å²) in [4.78, 5) is 0. The predicted molar refractivity (Wildman–Crippen MR) is 47.3 cm³/mol. The Labute approximate surface area is 78.1 Å². The van der Waals surface area contributed by atoms with E-state index in [0.717, 1.165) is 19.3 Å². The van der Waals surface area contributed by atoms with Gasteiger partial charge in [0.05, 0.1) is 12.7 Å². The maximum Gasteiger partial charge on any atom is 0.111 e. The largest absolute Gasteiger partial charge is 0.388 e. The number of hydrogen-bond donors (Lipinski definition) is 3. The van der Waals surface area contributed by atoms with E-state index in [0.29, 0.717) is 0 Å². The third kappa shape index (κ3) is 2.64. The van der Waals surface area contributed by atoms with Crippen molar-refractivity contribution in [1.29, 1.82) is 0 Å². The number of ether oxygens (including phenoxy) is 1. The molecule has 13 heavy (non-hydrogen) atoms. The molecule has 0 aliphatic carbocycles. The van der Waals surface area contributed by atoms with Crippen molar-refractivity contribution in [3.05, 3.63) is 0 Å². The Morgan fingerprint density at radius 2 is 1.92 bits per heavy atom. The van der Waals surface area contributed by atoms with Crippen LogP contribution in [0.1, 0.15) is 26.2 Å². The number of rotatable bonds is 3. The molecule has 0 aromatic rings. The Morgan fingerprint density at radius 3 is 2.54 bits per heavy atom. The van der Waals surface area contributed by atoms with E-state index in [2.05, 4.69) is 6.92 Å². The average Bonchev–Trinajstić information content (AvgIpc) is 2.13. The van der Waals surface area contributed by atoms with Gasteiger partial charge in [-0.25, -0.2) is 0 Å². The van der Waals surface area contributed by atoms with Gasteiger partial charge in [0.15, 0.2) is 0 Å². The number of aliphatic hydroxyl groups is 3. The molecule has 1 heterocycles. The van der Waals surface area contributed by atoms with Gasteiger partial charge in [0, 0.05) is 0 Å². The predicted octanol–water partition coefficient (Wildman–Crippen LogP) is -0.342. The van der Waals surface area contributed by atoms with Crippen LogP contribution in [0.3, 0.4) is 0 Å². The molecule has 1 aliphatic heterocycles. The summed E-state index contributed by atoms with van der Waals surface area (Å²) in [5.74, 6) is 0. The first-order chi connectivity index (χ1) is 6.16. The molecule has 0 spiro atoms. The summed E-state index contributed by atoms with van der Waals surface area (Å²) in [5.41, 5.74) is 0. The van der Waals surface area contributed by atoms with Gasteiger partial charge in [-0.3, -0.25) is 0 Å². The summed E-state index contributed by atoms with van der Waals surface area (Å²) < 4.78 is 5.21. The zero-order valence-electron chi connectivity index (χ0n) is 7.89. The molecule has 1 fully saturated rings. The molecule has 4 nitrogen and oxygen atoms in total. The highest BCUT2D eigenvalue weighted by molar-refractivity contribution is 4.86. The van der Waals surface area contributed by atoms with Gasteiger partial charge in [-0.1, -0.05) is 19.8 Å². The first-order valence-corrected chi connectivity index (χ1v) is 4.82. The van der Waals surface area contributed by atoms with E-state index >= 15 is 0 Å². The zero-order chi connectivity index (χ0) is 9.84. The van der Waals surface area contributed by atoms with Gasteiger partial charge in [0.2, 0.25) is 0 Å². The number of hydrogen-bond acceptors (Lipinski definition) is 4. The molecule has 1 saturated heterocycles. The van der Waals surface area contributed by atoms with Crippen molar-refractivity contribution in [1.82, 2.24) is 0 Å². The lowest BCUT2D eigenvalue weighted by Crippen LogP contribution is -2.52. The van der Waals surface area contributed by atoms with Gasteiger partial charge in [-0.15, -0.1) is 0 Å². The lowest BCUT2D eigenvalue weighted by molar-refractivity contribution is -0.188. The van der Waals surface area contributed by atoms with Crippen LogP contribution in [0.25, 0.3) is 0 Å². The lowest BCUT2D eigenvalue weighted by Gasteiger charge is -2.35. The molecule has 0 amide bonds. The van der Waals surface area contributed by atoms with Gasteiger partial charge in [0.25, 0.3) is 0 Å². The standard InChI is InChI=1S/C9H18O4/c1-2-3-4-7-9(12)8(11)6(10)5-13-7/h6-12H,2-5H2,1H3/t6-,7-,8+,9-/m0/s1. The van der Waals surface area contributed by atoms with Crippen molar-refractivity contribution in [2.24, 2.45) is 0 Å². The minimum atomic E-state index is -1.06. The van der Waals surface area contributed by atoms with Crippen LogP contribution in [0.2, 0.25) is 0 Å².